The molecule has 5 heteroatoms. The molecule has 2 aromatic rings. The van der Waals surface area contributed by atoms with E-state index in [2.05, 4.69) is 12.1 Å². The second-order valence-corrected chi connectivity index (χ2v) is 5.46. The Morgan fingerprint density at radius 3 is 3.06 bits per heavy atom. The molecule has 1 aliphatic heterocycles. The maximum absolute atomic E-state index is 12.1. The van der Waals surface area contributed by atoms with Gasteiger partial charge in [0.25, 0.3) is 5.56 Å². The molecule has 3 rings (SSSR count). The first-order valence-electron chi connectivity index (χ1n) is 6.08. The molecule has 0 unspecified atom stereocenters. The van der Waals surface area contributed by atoms with Gasteiger partial charge in [-0.25, -0.2) is 0 Å². The van der Waals surface area contributed by atoms with Crippen LogP contribution < -0.4 is 5.56 Å². The van der Waals surface area contributed by atoms with E-state index in [1.165, 1.54) is 11.5 Å². The van der Waals surface area contributed by atoms with Gasteiger partial charge >= 0.3 is 0 Å². The van der Waals surface area contributed by atoms with Gasteiger partial charge in [0.15, 0.2) is 6.10 Å². The Kier molecular flexibility index (Phi) is 2.91. The van der Waals surface area contributed by atoms with Crippen LogP contribution >= 0.6 is 11.5 Å². The van der Waals surface area contributed by atoms with Crippen molar-refractivity contribution in [3.63, 3.8) is 0 Å². The highest BCUT2D eigenvalue weighted by atomic mass is 32.1. The third-order valence-electron chi connectivity index (χ3n) is 3.12. The van der Waals surface area contributed by atoms with E-state index in [0.29, 0.717) is 6.54 Å². The lowest BCUT2D eigenvalue weighted by Gasteiger charge is -2.06. The Bertz CT molecular complexity index is 656. The van der Waals surface area contributed by atoms with Crippen LogP contribution in [0.4, 0.5) is 0 Å². The highest BCUT2D eigenvalue weighted by Crippen LogP contribution is 2.19. The van der Waals surface area contributed by atoms with Crippen LogP contribution in [0, 0.1) is 0 Å². The van der Waals surface area contributed by atoms with E-state index >= 15 is 0 Å². The third kappa shape index (κ3) is 1.95. The number of fused-ring (bicyclic) bond motifs is 1. The predicted octanol–water partition coefficient (Wildman–Crippen LogP) is 2.62. The molecule has 0 saturated carbocycles. The van der Waals surface area contributed by atoms with Crippen molar-refractivity contribution in [2.45, 2.75) is 32.4 Å². The minimum Gasteiger partial charge on any atom is -0.390 e. The molecule has 2 heterocycles. The predicted molar refractivity (Wildman–Crippen MR) is 73.3 cm³/mol. The molecule has 1 aromatic heterocycles. The Morgan fingerprint density at radius 2 is 2.33 bits per heavy atom. The van der Waals surface area contributed by atoms with Gasteiger partial charge in [-0.05, 0) is 18.6 Å². The molecular weight excluding hydrogens is 248 g/mol. The summed E-state index contributed by atoms with van der Waals surface area (Å²) in [4.78, 5) is 17.5. The Hall–Kier alpha value is -1.62. The largest absolute Gasteiger partial charge is 0.390 e. The first kappa shape index (κ1) is 11.5. The second-order valence-electron chi connectivity index (χ2n) is 4.40. The van der Waals surface area contributed by atoms with E-state index < -0.39 is 0 Å². The van der Waals surface area contributed by atoms with Crippen LogP contribution in [0.3, 0.4) is 0 Å². The van der Waals surface area contributed by atoms with Crippen molar-refractivity contribution in [3.8, 4) is 0 Å². The first-order valence-corrected chi connectivity index (χ1v) is 6.85. The summed E-state index contributed by atoms with van der Waals surface area (Å²) in [5.74, 6) is 0. The highest BCUT2D eigenvalue weighted by Gasteiger charge is 2.21. The molecule has 0 bridgehead atoms. The van der Waals surface area contributed by atoms with Crippen molar-refractivity contribution in [3.05, 3.63) is 34.6 Å². The van der Waals surface area contributed by atoms with Crippen LogP contribution in [0.2, 0.25) is 0 Å². The first-order chi connectivity index (χ1) is 8.78. The summed E-state index contributed by atoms with van der Waals surface area (Å²) >= 11 is 1.49. The molecule has 0 N–H and O–H groups in total. The fourth-order valence-electron chi connectivity index (χ4n) is 2.12. The summed E-state index contributed by atoms with van der Waals surface area (Å²) in [6, 6.07) is 7.69. The molecule has 0 aliphatic carbocycles. The van der Waals surface area contributed by atoms with Crippen molar-refractivity contribution in [2.24, 2.45) is 5.16 Å². The highest BCUT2D eigenvalue weighted by molar-refractivity contribution is 7.13. The average molecular weight is 262 g/mol. The van der Waals surface area contributed by atoms with Gasteiger partial charge in [0, 0.05) is 6.42 Å². The summed E-state index contributed by atoms with van der Waals surface area (Å²) in [5.41, 5.74) is 1.15. The molecule has 0 spiro atoms. The molecule has 1 aliphatic rings. The maximum Gasteiger partial charge on any atom is 0.268 e. The van der Waals surface area contributed by atoms with Crippen molar-refractivity contribution in [1.82, 2.24) is 3.96 Å². The lowest BCUT2D eigenvalue weighted by Crippen LogP contribution is -2.22. The lowest BCUT2D eigenvalue weighted by molar-refractivity contribution is 0.0741. The van der Waals surface area contributed by atoms with Gasteiger partial charge in [-0.3, -0.25) is 8.75 Å². The second kappa shape index (κ2) is 4.57. The monoisotopic (exact) mass is 262 g/mol. The topological polar surface area (TPSA) is 43.6 Å². The van der Waals surface area contributed by atoms with Crippen LogP contribution in [0.25, 0.3) is 10.1 Å². The van der Waals surface area contributed by atoms with Gasteiger partial charge < -0.3 is 4.84 Å². The van der Waals surface area contributed by atoms with E-state index in [9.17, 15) is 4.79 Å². The number of oxime groups is 1. The average Bonchev–Trinajstić information content (AvgIpc) is 2.97. The fraction of sp³-hybridized carbons (Fsp3) is 0.385. The smallest absolute Gasteiger partial charge is 0.268 e. The van der Waals surface area contributed by atoms with Gasteiger partial charge in [-0.1, -0.05) is 35.7 Å². The minimum absolute atomic E-state index is 0.00529. The van der Waals surface area contributed by atoms with Gasteiger partial charge in [0.05, 0.1) is 22.3 Å². The SMILES string of the molecule is CCC1=NO[C@H](Cn2sc3ccccc3c2=O)C1. The van der Waals surface area contributed by atoms with Crippen LogP contribution in [-0.4, -0.2) is 15.8 Å². The fourth-order valence-corrected chi connectivity index (χ4v) is 3.17. The molecule has 0 saturated heterocycles. The Labute approximate surface area is 109 Å². The number of nitrogens with zero attached hydrogens (tertiary/aromatic N) is 2. The summed E-state index contributed by atoms with van der Waals surface area (Å²) in [7, 11) is 0. The zero-order chi connectivity index (χ0) is 12.5. The van der Waals surface area contributed by atoms with Crippen LogP contribution in [-0.2, 0) is 11.4 Å². The van der Waals surface area contributed by atoms with E-state index in [1.54, 1.807) is 3.96 Å². The third-order valence-corrected chi connectivity index (χ3v) is 4.21. The molecule has 18 heavy (non-hydrogen) atoms. The molecule has 94 valence electrons. The molecule has 1 aromatic carbocycles. The molecule has 4 nitrogen and oxygen atoms in total. The van der Waals surface area contributed by atoms with Crippen molar-refractivity contribution in [1.29, 1.82) is 0 Å². The molecule has 0 amide bonds. The summed E-state index contributed by atoms with van der Waals surface area (Å²) in [5, 5.41) is 4.81. The summed E-state index contributed by atoms with van der Waals surface area (Å²) in [6.07, 6.45) is 1.75. The van der Waals surface area contributed by atoms with E-state index in [-0.39, 0.29) is 11.7 Å². The molecule has 0 radical (unpaired) electrons. The van der Waals surface area contributed by atoms with Gasteiger partial charge in [0.2, 0.25) is 0 Å². The van der Waals surface area contributed by atoms with E-state index in [4.69, 9.17) is 4.84 Å². The van der Waals surface area contributed by atoms with Crippen LogP contribution in [0.1, 0.15) is 19.8 Å². The minimum atomic E-state index is 0.00529. The maximum atomic E-state index is 12.1. The van der Waals surface area contributed by atoms with Crippen molar-refractivity contribution in [2.75, 3.05) is 0 Å². The number of aromatic nitrogens is 1. The number of benzene rings is 1. The number of hydrogen-bond acceptors (Lipinski definition) is 4. The van der Waals surface area contributed by atoms with E-state index in [0.717, 1.165) is 28.6 Å². The quantitative estimate of drug-likeness (QED) is 0.853. The van der Waals surface area contributed by atoms with Crippen molar-refractivity contribution < 1.29 is 4.84 Å². The van der Waals surface area contributed by atoms with Gasteiger partial charge in [-0.15, -0.1) is 0 Å². The van der Waals surface area contributed by atoms with E-state index in [1.807, 2.05) is 24.3 Å². The summed E-state index contributed by atoms with van der Waals surface area (Å²) < 4.78 is 2.79. The normalized spacial score (nSPS) is 18.9. The Balaban J connectivity index is 1.84. The molecular formula is C13H14N2O2S. The molecule has 0 fully saturated rings. The zero-order valence-corrected chi connectivity index (χ0v) is 10.9. The van der Waals surface area contributed by atoms with Crippen molar-refractivity contribution >= 4 is 27.3 Å². The Morgan fingerprint density at radius 1 is 1.50 bits per heavy atom. The number of hydrogen-bond donors (Lipinski definition) is 0. The van der Waals surface area contributed by atoms with Crippen LogP contribution in [0.5, 0.6) is 0 Å². The van der Waals surface area contributed by atoms with Gasteiger partial charge in [-0.2, -0.15) is 0 Å². The van der Waals surface area contributed by atoms with Gasteiger partial charge in [0.1, 0.15) is 0 Å². The van der Waals surface area contributed by atoms with Crippen LogP contribution in [0.15, 0.2) is 34.2 Å². The number of rotatable bonds is 3. The summed E-state index contributed by atoms with van der Waals surface area (Å²) in [6.45, 7) is 2.65. The lowest BCUT2D eigenvalue weighted by atomic mass is 10.1. The zero-order valence-electron chi connectivity index (χ0n) is 10.1. The molecule has 1 atom stereocenters. The standard InChI is InChI=1S/C13H14N2O2S/c1-2-9-7-10(17-14-9)8-15-13(16)11-5-3-4-6-12(11)18-15/h3-6,10H,2,7-8H2,1H3/t10-/m0/s1.